The van der Waals surface area contributed by atoms with Gasteiger partial charge in [-0.2, -0.15) is 5.48 Å². The molecule has 0 saturated carbocycles. The summed E-state index contributed by atoms with van der Waals surface area (Å²) < 4.78 is 21.6. The van der Waals surface area contributed by atoms with Gasteiger partial charge in [-0.1, -0.05) is 0 Å². The smallest absolute Gasteiger partial charge is 0.203 e. The number of nitrogens with one attached hydrogen (secondary N) is 1. The van der Waals surface area contributed by atoms with Gasteiger partial charge in [-0.25, -0.2) is 0 Å². The molecule has 0 saturated heterocycles. The van der Waals surface area contributed by atoms with Crippen molar-refractivity contribution in [3.05, 3.63) is 11.6 Å². The second kappa shape index (κ2) is 5.32. The molecule has 1 aliphatic heterocycles. The van der Waals surface area contributed by atoms with Gasteiger partial charge < -0.3 is 23.8 Å². The molecule has 0 bridgehead atoms. The number of methoxy groups -OCH3 is 3. The van der Waals surface area contributed by atoms with E-state index in [4.69, 9.17) is 23.8 Å². The molecule has 6 nitrogen and oxygen atoms in total. The van der Waals surface area contributed by atoms with E-state index >= 15 is 0 Å². The SMILES string of the molecule is CONC1COc2cc(OC)c(OC)c(OC)c21. The molecule has 0 amide bonds. The molecule has 1 atom stereocenters. The first-order valence-electron chi connectivity index (χ1n) is 5.51. The van der Waals surface area contributed by atoms with Crippen molar-refractivity contribution in [1.82, 2.24) is 5.48 Å². The minimum Gasteiger partial charge on any atom is -0.493 e. The average molecular weight is 255 g/mol. The van der Waals surface area contributed by atoms with E-state index in [1.54, 1.807) is 34.5 Å². The van der Waals surface area contributed by atoms with E-state index in [1.165, 1.54) is 0 Å². The highest BCUT2D eigenvalue weighted by Gasteiger charge is 2.32. The quantitative estimate of drug-likeness (QED) is 0.800. The number of benzene rings is 1. The Morgan fingerprint density at radius 3 is 2.39 bits per heavy atom. The topological polar surface area (TPSA) is 58.2 Å². The van der Waals surface area contributed by atoms with Crippen molar-refractivity contribution in [1.29, 1.82) is 0 Å². The third-order valence-corrected chi connectivity index (χ3v) is 2.84. The predicted octanol–water partition coefficient (Wildman–Crippen LogP) is 1.30. The lowest BCUT2D eigenvalue weighted by molar-refractivity contribution is 0.0530. The summed E-state index contributed by atoms with van der Waals surface area (Å²) in [6, 6.07) is 1.69. The van der Waals surface area contributed by atoms with Gasteiger partial charge in [0.2, 0.25) is 5.75 Å². The summed E-state index contributed by atoms with van der Waals surface area (Å²) in [6.07, 6.45) is 0. The monoisotopic (exact) mass is 255 g/mol. The lowest BCUT2D eigenvalue weighted by Crippen LogP contribution is -2.21. The number of rotatable bonds is 5. The van der Waals surface area contributed by atoms with Crippen molar-refractivity contribution < 1.29 is 23.8 Å². The molecule has 0 aromatic heterocycles. The summed E-state index contributed by atoms with van der Waals surface area (Å²) in [4.78, 5) is 4.95. The number of hydrogen-bond acceptors (Lipinski definition) is 6. The van der Waals surface area contributed by atoms with E-state index in [0.29, 0.717) is 29.6 Å². The van der Waals surface area contributed by atoms with Crippen LogP contribution in [0.3, 0.4) is 0 Å². The summed E-state index contributed by atoms with van der Waals surface area (Å²) in [7, 11) is 6.29. The number of hydroxylamine groups is 1. The van der Waals surface area contributed by atoms with Gasteiger partial charge in [0.15, 0.2) is 11.5 Å². The Morgan fingerprint density at radius 1 is 1.11 bits per heavy atom. The van der Waals surface area contributed by atoms with Crippen LogP contribution in [0.2, 0.25) is 0 Å². The van der Waals surface area contributed by atoms with Crippen LogP contribution < -0.4 is 24.4 Å². The fraction of sp³-hybridized carbons (Fsp3) is 0.500. The fourth-order valence-corrected chi connectivity index (χ4v) is 2.10. The van der Waals surface area contributed by atoms with Crippen LogP contribution in [-0.2, 0) is 4.84 Å². The third kappa shape index (κ3) is 1.93. The zero-order valence-electron chi connectivity index (χ0n) is 10.9. The third-order valence-electron chi connectivity index (χ3n) is 2.84. The summed E-state index contributed by atoms with van der Waals surface area (Å²) >= 11 is 0. The van der Waals surface area contributed by atoms with Gasteiger partial charge in [0, 0.05) is 6.07 Å². The highest BCUT2D eigenvalue weighted by molar-refractivity contribution is 5.63. The molecule has 0 spiro atoms. The first-order valence-corrected chi connectivity index (χ1v) is 5.51. The van der Waals surface area contributed by atoms with Crippen LogP contribution in [0.4, 0.5) is 0 Å². The molecule has 1 aromatic rings. The van der Waals surface area contributed by atoms with Gasteiger partial charge in [-0.3, -0.25) is 0 Å². The van der Waals surface area contributed by atoms with Crippen LogP contribution in [0.25, 0.3) is 0 Å². The predicted molar refractivity (Wildman–Crippen MR) is 64.5 cm³/mol. The van der Waals surface area contributed by atoms with E-state index in [-0.39, 0.29) is 6.04 Å². The van der Waals surface area contributed by atoms with Crippen molar-refractivity contribution in [3.63, 3.8) is 0 Å². The molecular formula is C12H17NO5. The lowest BCUT2D eigenvalue weighted by Gasteiger charge is -2.17. The van der Waals surface area contributed by atoms with Crippen LogP contribution >= 0.6 is 0 Å². The van der Waals surface area contributed by atoms with Crippen LogP contribution in [-0.4, -0.2) is 35.0 Å². The summed E-state index contributed by atoms with van der Waals surface area (Å²) in [5.74, 6) is 2.43. The normalized spacial score (nSPS) is 17.0. The summed E-state index contributed by atoms with van der Waals surface area (Å²) in [5.41, 5.74) is 3.74. The molecule has 1 heterocycles. The highest BCUT2D eigenvalue weighted by atomic mass is 16.6. The Labute approximate surface area is 106 Å². The molecule has 1 unspecified atom stereocenters. The average Bonchev–Trinajstić information content (AvgIpc) is 2.79. The van der Waals surface area contributed by atoms with Gasteiger partial charge in [-0.15, -0.1) is 0 Å². The summed E-state index contributed by atoms with van der Waals surface area (Å²) in [6.45, 7) is 0.468. The molecule has 1 N–H and O–H groups in total. The minimum absolute atomic E-state index is 0.0974. The Kier molecular flexibility index (Phi) is 3.78. The van der Waals surface area contributed by atoms with Gasteiger partial charge in [0.1, 0.15) is 12.4 Å². The van der Waals surface area contributed by atoms with Crippen molar-refractivity contribution in [2.75, 3.05) is 35.0 Å². The Hall–Kier alpha value is -1.66. The van der Waals surface area contributed by atoms with Gasteiger partial charge in [0.05, 0.1) is 40.0 Å². The molecule has 0 radical (unpaired) electrons. The van der Waals surface area contributed by atoms with Gasteiger partial charge >= 0.3 is 0 Å². The Morgan fingerprint density at radius 2 is 1.83 bits per heavy atom. The standard InChI is InChI=1S/C12H17NO5/c1-14-9-5-8-10(7(6-18-8)13-17-4)12(16-3)11(9)15-2/h5,7,13H,6H2,1-4H3. The maximum atomic E-state index is 5.59. The first-order chi connectivity index (χ1) is 8.76. The zero-order chi connectivity index (χ0) is 13.1. The Bertz CT molecular complexity index is 435. The number of fused-ring (bicyclic) bond motifs is 1. The van der Waals surface area contributed by atoms with Gasteiger partial charge in [0.25, 0.3) is 0 Å². The molecule has 0 aliphatic carbocycles. The molecule has 2 rings (SSSR count). The van der Waals surface area contributed by atoms with E-state index in [9.17, 15) is 0 Å². The van der Waals surface area contributed by atoms with Crippen molar-refractivity contribution in [2.45, 2.75) is 6.04 Å². The zero-order valence-corrected chi connectivity index (χ0v) is 10.9. The van der Waals surface area contributed by atoms with E-state index in [1.807, 2.05) is 0 Å². The fourth-order valence-electron chi connectivity index (χ4n) is 2.10. The van der Waals surface area contributed by atoms with Crippen LogP contribution in [0.15, 0.2) is 6.07 Å². The Balaban J connectivity index is 2.54. The maximum Gasteiger partial charge on any atom is 0.203 e. The van der Waals surface area contributed by atoms with Crippen molar-refractivity contribution in [2.24, 2.45) is 0 Å². The first kappa shape index (κ1) is 12.8. The molecular weight excluding hydrogens is 238 g/mol. The minimum atomic E-state index is -0.0974. The van der Waals surface area contributed by atoms with E-state index in [2.05, 4.69) is 5.48 Å². The highest BCUT2D eigenvalue weighted by Crippen LogP contribution is 2.50. The molecule has 18 heavy (non-hydrogen) atoms. The second-order valence-electron chi connectivity index (χ2n) is 3.74. The lowest BCUT2D eigenvalue weighted by atomic mass is 10.1. The summed E-state index contributed by atoms with van der Waals surface area (Å²) in [5, 5.41) is 0. The molecule has 1 aromatic carbocycles. The van der Waals surface area contributed by atoms with E-state index < -0.39 is 0 Å². The van der Waals surface area contributed by atoms with Crippen LogP contribution in [0, 0.1) is 0 Å². The van der Waals surface area contributed by atoms with Gasteiger partial charge in [-0.05, 0) is 0 Å². The molecule has 0 fully saturated rings. The molecule has 6 heteroatoms. The van der Waals surface area contributed by atoms with Crippen LogP contribution in [0.1, 0.15) is 11.6 Å². The number of hydrogen-bond donors (Lipinski definition) is 1. The van der Waals surface area contributed by atoms with Crippen molar-refractivity contribution in [3.8, 4) is 23.0 Å². The van der Waals surface area contributed by atoms with E-state index in [0.717, 1.165) is 5.56 Å². The maximum absolute atomic E-state index is 5.59. The van der Waals surface area contributed by atoms with Crippen molar-refractivity contribution >= 4 is 0 Å². The number of ether oxygens (including phenoxy) is 4. The van der Waals surface area contributed by atoms with Crippen LogP contribution in [0.5, 0.6) is 23.0 Å². The molecule has 100 valence electrons. The largest absolute Gasteiger partial charge is 0.493 e. The second-order valence-corrected chi connectivity index (χ2v) is 3.74. The molecule has 1 aliphatic rings.